The van der Waals surface area contributed by atoms with E-state index in [1.807, 2.05) is 6.92 Å². The first-order valence-electron chi connectivity index (χ1n) is 4.70. The monoisotopic (exact) mass is 212 g/mol. The third-order valence-electron chi connectivity index (χ3n) is 2.77. The van der Waals surface area contributed by atoms with E-state index in [4.69, 9.17) is 17.3 Å². The lowest BCUT2D eigenvalue weighted by Crippen LogP contribution is -2.25. The molecule has 0 saturated heterocycles. The van der Waals surface area contributed by atoms with Gasteiger partial charge < -0.3 is 10.3 Å². The van der Waals surface area contributed by atoms with Crippen molar-refractivity contribution in [2.24, 2.45) is 0 Å². The average molecular weight is 213 g/mol. The van der Waals surface area contributed by atoms with Crippen LogP contribution in [0.15, 0.2) is 4.79 Å². The smallest absolute Gasteiger partial charge is 0.274 e. The van der Waals surface area contributed by atoms with Crippen molar-refractivity contribution < 1.29 is 0 Å². The van der Waals surface area contributed by atoms with Gasteiger partial charge in [0.2, 0.25) is 0 Å². The number of pyridine rings is 1. The van der Waals surface area contributed by atoms with Gasteiger partial charge in [0.15, 0.2) is 0 Å². The van der Waals surface area contributed by atoms with E-state index >= 15 is 0 Å². The fraction of sp³-hybridized carbons (Fsp3) is 0.500. The van der Waals surface area contributed by atoms with Gasteiger partial charge >= 0.3 is 0 Å². The van der Waals surface area contributed by atoms with Crippen molar-refractivity contribution >= 4 is 17.3 Å². The van der Waals surface area contributed by atoms with Crippen LogP contribution in [0.1, 0.15) is 30.1 Å². The Kier molecular flexibility index (Phi) is 2.07. The van der Waals surface area contributed by atoms with E-state index in [-0.39, 0.29) is 11.2 Å². The van der Waals surface area contributed by atoms with Crippen LogP contribution in [0, 0.1) is 13.8 Å². The van der Waals surface area contributed by atoms with E-state index in [2.05, 4.69) is 0 Å². The molecule has 4 heteroatoms. The number of halogens is 1. The van der Waals surface area contributed by atoms with Crippen LogP contribution in [0.5, 0.6) is 0 Å². The lowest BCUT2D eigenvalue weighted by atomic mass is 10.2. The molecule has 1 aromatic heterocycles. The van der Waals surface area contributed by atoms with Crippen LogP contribution < -0.4 is 11.3 Å². The van der Waals surface area contributed by atoms with Gasteiger partial charge in [0.25, 0.3) is 5.56 Å². The molecule has 1 heterocycles. The van der Waals surface area contributed by atoms with Crippen molar-refractivity contribution in [2.75, 3.05) is 5.73 Å². The Labute approximate surface area is 87.5 Å². The summed E-state index contributed by atoms with van der Waals surface area (Å²) in [6, 6.07) is 0.322. The van der Waals surface area contributed by atoms with Gasteiger partial charge in [-0.05, 0) is 32.3 Å². The summed E-state index contributed by atoms with van der Waals surface area (Å²) in [5.74, 6) is 0. The summed E-state index contributed by atoms with van der Waals surface area (Å²) in [5.41, 5.74) is 7.43. The average Bonchev–Trinajstić information content (AvgIpc) is 2.96. The lowest BCUT2D eigenvalue weighted by molar-refractivity contribution is 0.683. The predicted octanol–water partition coefficient (Wildman–Crippen LogP) is 2.04. The number of aromatic nitrogens is 1. The Bertz CT molecular complexity index is 446. The molecule has 14 heavy (non-hydrogen) atoms. The topological polar surface area (TPSA) is 48.0 Å². The molecular weight excluding hydrogens is 200 g/mol. The Morgan fingerprint density at radius 1 is 1.43 bits per heavy atom. The minimum atomic E-state index is -0.0908. The molecule has 3 nitrogen and oxygen atoms in total. The molecule has 76 valence electrons. The zero-order chi connectivity index (χ0) is 10.5. The first kappa shape index (κ1) is 9.59. The summed E-state index contributed by atoms with van der Waals surface area (Å²) < 4.78 is 1.73. The fourth-order valence-electron chi connectivity index (χ4n) is 1.71. The molecule has 0 bridgehead atoms. The number of nitrogen functional groups attached to an aromatic ring is 1. The number of nitrogens with two attached hydrogens (primary N) is 1. The third-order valence-corrected chi connectivity index (χ3v) is 3.33. The lowest BCUT2D eigenvalue weighted by Gasteiger charge is -2.13. The highest BCUT2D eigenvalue weighted by Crippen LogP contribution is 2.36. The highest BCUT2D eigenvalue weighted by molar-refractivity contribution is 6.32. The minimum Gasteiger partial charge on any atom is -0.394 e. The zero-order valence-corrected chi connectivity index (χ0v) is 9.06. The SMILES string of the molecule is Cc1c(Cl)c(C)n(C2CC2)c(=O)c1N. The molecule has 1 saturated carbocycles. The molecule has 1 fully saturated rings. The quantitative estimate of drug-likeness (QED) is 0.775. The van der Waals surface area contributed by atoms with Crippen molar-refractivity contribution in [3.05, 3.63) is 26.6 Å². The number of hydrogen-bond donors (Lipinski definition) is 1. The molecule has 1 aliphatic rings. The summed E-state index contributed by atoms with van der Waals surface area (Å²) >= 11 is 6.09. The standard InChI is InChI=1S/C10H13ClN2O/c1-5-8(11)6(2)13(7-3-4-7)10(14)9(5)12/h7H,3-4,12H2,1-2H3. The van der Waals surface area contributed by atoms with E-state index in [0.29, 0.717) is 16.6 Å². The van der Waals surface area contributed by atoms with Crippen molar-refractivity contribution in [1.29, 1.82) is 0 Å². The highest BCUT2D eigenvalue weighted by atomic mass is 35.5. The number of hydrogen-bond acceptors (Lipinski definition) is 2. The molecule has 0 radical (unpaired) electrons. The molecule has 0 spiro atoms. The van der Waals surface area contributed by atoms with Gasteiger partial charge in [-0.3, -0.25) is 4.79 Å². The van der Waals surface area contributed by atoms with Crippen LogP contribution in [0.2, 0.25) is 5.02 Å². The Hall–Kier alpha value is -0.960. The van der Waals surface area contributed by atoms with Crippen LogP contribution >= 0.6 is 11.6 Å². The summed E-state index contributed by atoms with van der Waals surface area (Å²) in [5, 5.41) is 0.619. The van der Waals surface area contributed by atoms with E-state index < -0.39 is 0 Å². The van der Waals surface area contributed by atoms with Gasteiger partial charge in [0, 0.05) is 11.7 Å². The summed E-state index contributed by atoms with van der Waals surface area (Å²) in [6.07, 6.45) is 2.11. The third kappa shape index (κ3) is 1.23. The molecule has 0 amide bonds. The molecule has 0 atom stereocenters. The zero-order valence-electron chi connectivity index (χ0n) is 8.30. The summed E-state index contributed by atoms with van der Waals surface area (Å²) in [7, 11) is 0. The Morgan fingerprint density at radius 2 is 2.00 bits per heavy atom. The van der Waals surface area contributed by atoms with Gasteiger partial charge in [-0.1, -0.05) is 11.6 Å². The maximum Gasteiger partial charge on any atom is 0.274 e. The fourth-order valence-corrected chi connectivity index (χ4v) is 1.90. The second kappa shape index (κ2) is 3.02. The number of nitrogens with zero attached hydrogens (tertiary/aromatic N) is 1. The van der Waals surface area contributed by atoms with Gasteiger partial charge in [-0.2, -0.15) is 0 Å². The molecule has 0 unspecified atom stereocenters. The van der Waals surface area contributed by atoms with E-state index in [1.165, 1.54) is 0 Å². The minimum absolute atomic E-state index is 0.0908. The van der Waals surface area contributed by atoms with Crippen LogP contribution in [0.4, 0.5) is 5.69 Å². The van der Waals surface area contributed by atoms with E-state index in [0.717, 1.165) is 18.5 Å². The van der Waals surface area contributed by atoms with Gasteiger partial charge in [-0.15, -0.1) is 0 Å². The molecule has 1 aromatic rings. The summed E-state index contributed by atoms with van der Waals surface area (Å²) in [6.45, 7) is 3.65. The number of anilines is 1. The van der Waals surface area contributed by atoms with Gasteiger partial charge in [0.1, 0.15) is 5.69 Å². The van der Waals surface area contributed by atoms with Gasteiger partial charge in [-0.25, -0.2) is 0 Å². The predicted molar refractivity (Wildman–Crippen MR) is 57.9 cm³/mol. The second-order valence-corrected chi connectivity index (χ2v) is 4.22. The van der Waals surface area contributed by atoms with Crippen LogP contribution in [-0.2, 0) is 0 Å². The first-order valence-corrected chi connectivity index (χ1v) is 5.08. The molecule has 2 rings (SSSR count). The van der Waals surface area contributed by atoms with Crippen LogP contribution in [0.3, 0.4) is 0 Å². The van der Waals surface area contributed by atoms with Crippen molar-refractivity contribution in [1.82, 2.24) is 4.57 Å². The van der Waals surface area contributed by atoms with Crippen molar-refractivity contribution in [3.8, 4) is 0 Å². The van der Waals surface area contributed by atoms with E-state index in [9.17, 15) is 4.79 Å². The normalized spacial score (nSPS) is 15.9. The van der Waals surface area contributed by atoms with Crippen molar-refractivity contribution in [3.63, 3.8) is 0 Å². The molecule has 0 aromatic carbocycles. The Morgan fingerprint density at radius 3 is 2.50 bits per heavy atom. The van der Waals surface area contributed by atoms with Crippen LogP contribution in [-0.4, -0.2) is 4.57 Å². The molecular formula is C10H13ClN2O. The molecule has 2 N–H and O–H groups in total. The number of rotatable bonds is 1. The largest absolute Gasteiger partial charge is 0.394 e. The Balaban J connectivity index is 2.76. The van der Waals surface area contributed by atoms with Crippen LogP contribution in [0.25, 0.3) is 0 Å². The first-order chi connectivity index (χ1) is 6.54. The second-order valence-electron chi connectivity index (χ2n) is 3.84. The molecule has 1 aliphatic carbocycles. The molecule has 0 aliphatic heterocycles. The van der Waals surface area contributed by atoms with E-state index in [1.54, 1.807) is 11.5 Å². The maximum atomic E-state index is 11.8. The maximum absolute atomic E-state index is 11.8. The summed E-state index contributed by atoms with van der Waals surface area (Å²) in [4.78, 5) is 11.8. The van der Waals surface area contributed by atoms with Gasteiger partial charge in [0.05, 0.1) is 5.02 Å². The van der Waals surface area contributed by atoms with Crippen molar-refractivity contribution in [2.45, 2.75) is 32.7 Å². The highest BCUT2D eigenvalue weighted by Gasteiger charge is 2.28.